The molecule has 0 amide bonds. The Morgan fingerprint density at radius 3 is 2.51 bits per heavy atom. The minimum atomic E-state index is -4.88. The third-order valence-electron chi connectivity index (χ3n) is 5.56. The molecule has 1 unspecified atom stereocenters. The maximum Gasteiger partial charge on any atom is 0.419 e. The quantitative estimate of drug-likeness (QED) is 0.233. The minimum absolute atomic E-state index is 0.194. The Kier molecular flexibility index (Phi) is 6.88. The zero-order chi connectivity index (χ0) is 25.3. The number of alkyl halides is 3. The van der Waals surface area contributed by atoms with Gasteiger partial charge in [-0.15, -0.1) is 0 Å². The van der Waals surface area contributed by atoms with E-state index in [0.29, 0.717) is 59.4 Å². The molecule has 3 N–H and O–H groups in total. The highest BCUT2D eigenvalue weighted by Gasteiger charge is 2.36. The lowest BCUT2D eigenvalue weighted by molar-refractivity contribution is -0.140. The number of nitrogens with zero attached hydrogens (tertiary/aromatic N) is 2. The third kappa shape index (κ3) is 5.67. The summed E-state index contributed by atoms with van der Waals surface area (Å²) < 4.78 is 71.5. The fourth-order valence-electron chi connectivity index (χ4n) is 3.71. The highest BCUT2D eigenvalue weighted by atomic mass is 19.4. The molecule has 1 heterocycles. The molecule has 188 valence electrons. The predicted molar refractivity (Wildman–Crippen MR) is 123 cm³/mol. The average Bonchev–Trinajstić information content (AvgIpc) is 3.61. The van der Waals surface area contributed by atoms with Crippen LogP contribution in [0.2, 0.25) is 0 Å². The van der Waals surface area contributed by atoms with Gasteiger partial charge in [0.15, 0.2) is 11.5 Å². The normalized spacial score (nSPS) is 14.7. The Bertz CT molecular complexity index is 1230. The first-order valence-electron chi connectivity index (χ1n) is 11.1. The van der Waals surface area contributed by atoms with Crippen LogP contribution in [0.5, 0.6) is 11.5 Å². The molecular formula is C24H26F4N4O3. The summed E-state index contributed by atoms with van der Waals surface area (Å²) in [5.74, 6) is 0.208. The summed E-state index contributed by atoms with van der Waals surface area (Å²) in [7, 11) is 1.50. The van der Waals surface area contributed by atoms with Crippen molar-refractivity contribution in [3.8, 4) is 11.5 Å². The van der Waals surface area contributed by atoms with Gasteiger partial charge < -0.3 is 25.3 Å². The second-order valence-corrected chi connectivity index (χ2v) is 8.39. The zero-order valence-electron chi connectivity index (χ0n) is 19.5. The number of halogens is 4. The Morgan fingerprint density at radius 1 is 1.11 bits per heavy atom. The van der Waals surface area contributed by atoms with E-state index in [-0.39, 0.29) is 11.3 Å². The summed E-state index contributed by atoms with van der Waals surface area (Å²) in [5.41, 5.74) is 4.32. The van der Waals surface area contributed by atoms with Crippen molar-refractivity contribution in [3.63, 3.8) is 0 Å². The van der Waals surface area contributed by atoms with Gasteiger partial charge in [0.05, 0.1) is 36.9 Å². The minimum Gasteiger partial charge on any atom is -0.493 e. The largest absolute Gasteiger partial charge is 0.493 e. The van der Waals surface area contributed by atoms with Crippen molar-refractivity contribution in [1.82, 2.24) is 9.97 Å². The van der Waals surface area contributed by atoms with Crippen LogP contribution < -0.4 is 20.5 Å². The number of ether oxygens (including phenoxy) is 3. The van der Waals surface area contributed by atoms with Crippen LogP contribution in [-0.4, -0.2) is 36.4 Å². The van der Waals surface area contributed by atoms with Crippen molar-refractivity contribution in [2.45, 2.75) is 45.0 Å². The molecule has 0 aliphatic heterocycles. The molecule has 3 aromatic rings. The number of hydrogen-bond acceptors (Lipinski definition) is 7. The number of aryl methyl sites for hydroxylation is 1. The summed E-state index contributed by atoms with van der Waals surface area (Å²) >= 11 is 0. The number of hydrogen-bond donors (Lipinski definition) is 2. The molecule has 1 fully saturated rings. The van der Waals surface area contributed by atoms with E-state index in [1.54, 1.807) is 19.1 Å². The Balaban J connectivity index is 1.66. The summed E-state index contributed by atoms with van der Waals surface area (Å²) in [6.45, 7) is 3.93. The highest BCUT2D eigenvalue weighted by Crippen LogP contribution is 2.38. The summed E-state index contributed by atoms with van der Waals surface area (Å²) in [5, 5.41) is 3.54. The van der Waals surface area contributed by atoms with Crippen molar-refractivity contribution in [3.05, 3.63) is 47.0 Å². The van der Waals surface area contributed by atoms with E-state index in [1.165, 1.54) is 20.1 Å². The number of nitrogens with two attached hydrogens (primary N) is 1. The summed E-state index contributed by atoms with van der Waals surface area (Å²) in [6, 6.07) is 4.22. The third-order valence-corrected chi connectivity index (χ3v) is 5.56. The SMILES string of the molecule is COc1cc2nc(C)nc(NC(C)c3cc(N)cc(C(F)(F)F)c3F)c2cc1OCCOC1CC1. The first kappa shape index (κ1) is 24.8. The Morgan fingerprint density at radius 2 is 1.86 bits per heavy atom. The van der Waals surface area contributed by atoms with Crippen LogP contribution in [0.3, 0.4) is 0 Å². The van der Waals surface area contributed by atoms with Gasteiger partial charge in [-0.1, -0.05) is 0 Å². The van der Waals surface area contributed by atoms with E-state index in [4.69, 9.17) is 19.9 Å². The first-order chi connectivity index (χ1) is 16.6. The zero-order valence-corrected chi connectivity index (χ0v) is 19.5. The fraction of sp³-hybridized carbons (Fsp3) is 0.417. The van der Waals surface area contributed by atoms with E-state index >= 15 is 0 Å². The van der Waals surface area contributed by atoms with E-state index in [9.17, 15) is 17.6 Å². The monoisotopic (exact) mass is 494 g/mol. The molecule has 11 heteroatoms. The average molecular weight is 494 g/mol. The molecule has 1 atom stereocenters. The number of aromatic nitrogens is 2. The number of nitrogen functional groups attached to an aromatic ring is 1. The lowest BCUT2D eigenvalue weighted by atomic mass is 10.0. The van der Waals surface area contributed by atoms with E-state index in [0.717, 1.165) is 12.8 Å². The molecule has 0 spiro atoms. The van der Waals surface area contributed by atoms with Crippen molar-refractivity contribution in [2.75, 3.05) is 31.4 Å². The van der Waals surface area contributed by atoms with Crippen LogP contribution in [0.15, 0.2) is 24.3 Å². The molecule has 4 rings (SSSR count). The maximum absolute atomic E-state index is 14.8. The second kappa shape index (κ2) is 9.73. The van der Waals surface area contributed by atoms with Crippen molar-refractivity contribution < 1.29 is 31.8 Å². The number of rotatable bonds is 9. The summed E-state index contributed by atoms with van der Waals surface area (Å²) in [6.07, 6.45) is -2.46. The van der Waals surface area contributed by atoms with Gasteiger partial charge in [-0.25, -0.2) is 14.4 Å². The van der Waals surface area contributed by atoms with Gasteiger partial charge in [0, 0.05) is 22.7 Å². The molecule has 0 saturated heterocycles. The highest BCUT2D eigenvalue weighted by molar-refractivity contribution is 5.92. The molecule has 0 radical (unpaired) electrons. The topological polar surface area (TPSA) is 91.5 Å². The standard InChI is InChI=1S/C24H26F4N4O3/c1-12(16-8-14(29)9-18(22(16)25)24(26,27)28)30-23-17-10-21(35-7-6-34-15-4-5-15)20(33-3)11-19(17)31-13(2)32-23/h8-12,15H,4-7,29H2,1-3H3,(H,30,31,32). The van der Waals surface area contributed by atoms with E-state index in [2.05, 4.69) is 15.3 Å². The van der Waals surface area contributed by atoms with Gasteiger partial charge in [-0.05, 0) is 44.9 Å². The first-order valence-corrected chi connectivity index (χ1v) is 11.1. The molecule has 0 bridgehead atoms. The number of fused-ring (bicyclic) bond motifs is 1. The molecule has 2 aromatic carbocycles. The van der Waals surface area contributed by atoms with Crippen LogP contribution in [0.25, 0.3) is 10.9 Å². The lowest BCUT2D eigenvalue weighted by Crippen LogP contribution is -2.16. The van der Waals surface area contributed by atoms with Gasteiger partial charge in [0.1, 0.15) is 24.1 Å². The van der Waals surface area contributed by atoms with E-state index in [1.807, 2.05) is 0 Å². The molecule has 1 aliphatic rings. The molecule has 1 saturated carbocycles. The van der Waals surface area contributed by atoms with Gasteiger partial charge >= 0.3 is 6.18 Å². The van der Waals surface area contributed by atoms with Crippen LogP contribution >= 0.6 is 0 Å². The van der Waals surface area contributed by atoms with Gasteiger partial charge in [-0.3, -0.25) is 0 Å². The number of anilines is 2. The molecular weight excluding hydrogens is 468 g/mol. The Labute approximate surface area is 199 Å². The predicted octanol–water partition coefficient (Wildman–Crippen LogP) is 5.42. The van der Waals surface area contributed by atoms with Gasteiger partial charge in [-0.2, -0.15) is 13.2 Å². The number of methoxy groups -OCH3 is 1. The number of benzene rings is 2. The number of nitrogens with one attached hydrogen (secondary N) is 1. The Hall–Kier alpha value is -3.34. The van der Waals surface area contributed by atoms with Crippen molar-refractivity contribution in [1.29, 1.82) is 0 Å². The van der Waals surface area contributed by atoms with Gasteiger partial charge in [0.2, 0.25) is 0 Å². The molecule has 1 aliphatic carbocycles. The van der Waals surface area contributed by atoms with Crippen LogP contribution in [-0.2, 0) is 10.9 Å². The van der Waals surface area contributed by atoms with Crippen LogP contribution in [0, 0.1) is 12.7 Å². The molecule has 35 heavy (non-hydrogen) atoms. The lowest BCUT2D eigenvalue weighted by Gasteiger charge is -2.20. The molecule has 7 nitrogen and oxygen atoms in total. The second-order valence-electron chi connectivity index (χ2n) is 8.39. The van der Waals surface area contributed by atoms with Crippen molar-refractivity contribution in [2.24, 2.45) is 0 Å². The van der Waals surface area contributed by atoms with Crippen molar-refractivity contribution >= 4 is 22.4 Å². The fourth-order valence-corrected chi connectivity index (χ4v) is 3.71. The van der Waals surface area contributed by atoms with E-state index < -0.39 is 23.6 Å². The summed E-state index contributed by atoms with van der Waals surface area (Å²) in [4.78, 5) is 8.81. The van der Waals surface area contributed by atoms with Crippen LogP contribution in [0.4, 0.5) is 29.1 Å². The smallest absolute Gasteiger partial charge is 0.419 e. The van der Waals surface area contributed by atoms with Gasteiger partial charge in [0.25, 0.3) is 0 Å². The van der Waals surface area contributed by atoms with Crippen LogP contribution in [0.1, 0.15) is 42.8 Å². The molecule has 1 aromatic heterocycles. The maximum atomic E-state index is 14.8.